The molecule has 1 heterocycles. The number of nitrogens with one attached hydrogen (secondary N) is 1. The topological polar surface area (TPSA) is 75.7 Å². The molecule has 0 unspecified atom stereocenters. The fourth-order valence-corrected chi connectivity index (χ4v) is 3.99. The molecule has 0 radical (unpaired) electrons. The van der Waals surface area contributed by atoms with E-state index in [9.17, 15) is 13.2 Å². The number of hydrogen-bond acceptors (Lipinski definition) is 4. The SMILES string of the molecule is COCc1cccc(CNC(=O)[C@@H]2CCCCN2S(C)(=O)=O)c1. The Hall–Kier alpha value is -1.44. The van der Waals surface area contributed by atoms with Gasteiger partial charge in [-0.2, -0.15) is 4.31 Å². The van der Waals surface area contributed by atoms with Crippen LogP contribution in [0, 0.1) is 0 Å². The molecular formula is C16H24N2O4S. The minimum absolute atomic E-state index is 0.229. The number of rotatable bonds is 6. The average Bonchev–Trinajstić information content (AvgIpc) is 2.52. The molecule has 0 aliphatic carbocycles. The van der Waals surface area contributed by atoms with Crippen LogP contribution in [0.25, 0.3) is 0 Å². The Morgan fingerprint density at radius 1 is 1.35 bits per heavy atom. The van der Waals surface area contributed by atoms with Gasteiger partial charge in [0.05, 0.1) is 12.9 Å². The summed E-state index contributed by atoms with van der Waals surface area (Å²) in [5, 5.41) is 2.85. The second kappa shape index (κ2) is 7.90. The summed E-state index contributed by atoms with van der Waals surface area (Å²) < 4.78 is 30.1. The second-order valence-corrected chi connectivity index (χ2v) is 7.79. The molecule has 1 atom stereocenters. The Kier molecular flexibility index (Phi) is 6.15. The van der Waals surface area contributed by atoms with Crippen LogP contribution in [0.1, 0.15) is 30.4 Å². The lowest BCUT2D eigenvalue weighted by Crippen LogP contribution is -2.51. The molecule has 0 aromatic heterocycles. The highest BCUT2D eigenvalue weighted by molar-refractivity contribution is 7.88. The molecule has 6 nitrogen and oxygen atoms in total. The quantitative estimate of drug-likeness (QED) is 0.846. The first-order valence-electron chi connectivity index (χ1n) is 7.73. The van der Waals surface area contributed by atoms with Gasteiger partial charge >= 0.3 is 0 Å². The summed E-state index contributed by atoms with van der Waals surface area (Å²) in [6, 6.07) is 7.18. The minimum atomic E-state index is -3.36. The molecule has 2 rings (SSSR count). The summed E-state index contributed by atoms with van der Waals surface area (Å²) >= 11 is 0. The van der Waals surface area contributed by atoms with Crippen molar-refractivity contribution in [1.29, 1.82) is 0 Å². The van der Waals surface area contributed by atoms with Crippen LogP contribution < -0.4 is 5.32 Å². The van der Waals surface area contributed by atoms with Crippen LogP contribution in [0.3, 0.4) is 0 Å². The summed E-state index contributed by atoms with van der Waals surface area (Å²) in [6.45, 7) is 1.32. The highest BCUT2D eigenvalue weighted by Crippen LogP contribution is 2.20. The van der Waals surface area contributed by atoms with Crippen molar-refractivity contribution in [1.82, 2.24) is 9.62 Å². The fraction of sp³-hybridized carbons (Fsp3) is 0.562. The van der Waals surface area contributed by atoms with Gasteiger partial charge in [0.2, 0.25) is 15.9 Å². The summed E-state index contributed by atoms with van der Waals surface area (Å²) in [4.78, 5) is 12.4. The van der Waals surface area contributed by atoms with E-state index in [-0.39, 0.29) is 5.91 Å². The van der Waals surface area contributed by atoms with Crippen molar-refractivity contribution in [3.8, 4) is 0 Å². The van der Waals surface area contributed by atoms with Crippen LogP contribution in [0.2, 0.25) is 0 Å². The van der Waals surface area contributed by atoms with Gasteiger partial charge in [0.25, 0.3) is 0 Å². The summed E-state index contributed by atoms with van der Waals surface area (Å²) in [5.41, 5.74) is 2.00. The number of methoxy groups -OCH3 is 1. The molecule has 1 aliphatic heterocycles. The number of benzene rings is 1. The lowest BCUT2D eigenvalue weighted by Gasteiger charge is -2.32. The van der Waals surface area contributed by atoms with Gasteiger partial charge in [0.15, 0.2) is 0 Å². The van der Waals surface area contributed by atoms with E-state index in [2.05, 4.69) is 5.32 Å². The maximum Gasteiger partial charge on any atom is 0.238 e. The van der Waals surface area contributed by atoms with E-state index < -0.39 is 16.1 Å². The highest BCUT2D eigenvalue weighted by Gasteiger charge is 2.34. The van der Waals surface area contributed by atoms with Gasteiger partial charge in [-0.05, 0) is 24.0 Å². The molecule has 0 spiro atoms. The van der Waals surface area contributed by atoms with Crippen molar-refractivity contribution >= 4 is 15.9 Å². The van der Waals surface area contributed by atoms with Gasteiger partial charge < -0.3 is 10.1 Å². The summed E-state index contributed by atoms with van der Waals surface area (Å²) in [7, 11) is -1.72. The highest BCUT2D eigenvalue weighted by atomic mass is 32.2. The van der Waals surface area contributed by atoms with Gasteiger partial charge in [-0.1, -0.05) is 30.7 Å². The third-order valence-electron chi connectivity index (χ3n) is 3.95. The normalized spacial score (nSPS) is 19.5. The Morgan fingerprint density at radius 3 is 2.78 bits per heavy atom. The zero-order valence-corrected chi connectivity index (χ0v) is 14.4. The Labute approximate surface area is 137 Å². The number of carbonyl (C=O) groups is 1. The Balaban J connectivity index is 1.99. The van der Waals surface area contributed by atoms with E-state index in [1.165, 1.54) is 4.31 Å². The van der Waals surface area contributed by atoms with Crippen molar-refractivity contribution < 1.29 is 17.9 Å². The van der Waals surface area contributed by atoms with Crippen molar-refractivity contribution in [2.45, 2.75) is 38.5 Å². The maximum atomic E-state index is 12.4. The standard InChI is InChI=1S/C16H24N2O4S/c1-22-12-14-7-5-6-13(10-14)11-17-16(19)15-8-3-4-9-18(15)23(2,20)21/h5-7,10,15H,3-4,8-9,11-12H2,1-2H3,(H,17,19)/t15-/m0/s1. The largest absolute Gasteiger partial charge is 0.380 e. The molecule has 0 saturated carbocycles. The molecule has 23 heavy (non-hydrogen) atoms. The molecule has 1 aromatic carbocycles. The van der Waals surface area contributed by atoms with Crippen LogP contribution in [0.15, 0.2) is 24.3 Å². The van der Waals surface area contributed by atoms with E-state index in [1.807, 2.05) is 24.3 Å². The maximum absolute atomic E-state index is 12.4. The first-order chi connectivity index (χ1) is 10.9. The van der Waals surface area contributed by atoms with E-state index in [1.54, 1.807) is 7.11 Å². The van der Waals surface area contributed by atoms with Gasteiger partial charge in [-0.25, -0.2) is 8.42 Å². The first kappa shape index (κ1) is 17.9. The zero-order valence-electron chi connectivity index (χ0n) is 13.6. The molecular weight excluding hydrogens is 316 g/mol. The van der Waals surface area contributed by atoms with Crippen molar-refractivity contribution in [2.24, 2.45) is 0 Å². The van der Waals surface area contributed by atoms with E-state index >= 15 is 0 Å². The first-order valence-corrected chi connectivity index (χ1v) is 9.58. The molecule has 1 aromatic rings. The molecule has 0 bridgehead atoms. The summed E-state index contributed by atoms with van der Waals surface area (Å²) in [5.74, 6) is -0.229. The molecule has 1 amide bonds. The molecule has 128 valence electrons. The number of amides is 1. The number of hydrogen-bond donors (Lipinski definition) is 1. The van der Waals surface area contributed by atoms with Crippen LogP contribution in [0.5, 0.6) is 0 Å². The predicted octanol–water partition coefficient (Wildman–Crippen LogP) is 1.26. The smallest absolute Gasteiger partial charge is 0.238 e. The average molecular weight is 340 g/mol. The molecule has 7 heteroatoms. The number of piperidine rings is 1. The number of nitrogens with zero attached hydrogens (tertiary/aromatic N) is 1. The lowest BCUT2D eigenvalue weighted by molar-refractivity contribution is -0.125. The Bertz CT molecular complexity index is 645. The monoisotopic (exact) mass is 340 g/mol. The van der Waals surface area contributed by atoms with Gasteiger partial charge in [-0.15, -0.1) is 0 Å². The molecule has 1 N–H and O–H groups in total. The van der Waals surface area contributed by atoms with Crippen molar-refractivity contribution in [3.05, 3.63) is 35.4 Å². The minimum Gasteiger partial charge on any atom is -0.380 e. The van der Waals surface area contributed by atoms with Crippen LogP contribution in [0.4, 0.5) is 0 Å². The van der Waals surface area contributed by atoms with Crippen LogP contribution in [-0.4, -0.2) is 44.6 Å². The zero-order chi connectivity index (χ0) is 16.9. The van der Waals surface area contributed by atoms with Gasteiger partial charge in [0.1, 0.15) is 6.04 Å². The Morgan fingerprint density at radius 2 is 2.09 bits per heavy atom. The van der Waals surface area contributed by atoms with E-state index in [0.29, 0.717) is 26.1 Å². The second-order valence-electron chi connectivity index (χ2n) is 5.86. The van der Waals surface area contributed by atoms with Gasteiger partial charge in [-0.3, -0.25) is 4.79 Å². The number of ether oxygens (including phenoxy) is 1. The fourth-order valence-electron chi connectivity index (χ4n) is 2.87. The molecule has 1 fully saturated rings. The third-order valence-corrected chi connectivity index (χ3v) is 5.24. The molecule has 1 aliphatic rings. The lowest BCUT2D eigenvalue weighted by atomic mass is 10.0. The summed E-state index contributed by atoms with van der Waals surface area (Å²) in [6.07, 6.45) is 3.40. The van der Waals surface area contributed by atoms with E-state index in [0.717, 1.165) is 30.2 Å². The predicted molar refractivity (Wildman–Crippen MR) is 88.2 cm³/mol. The van der Waals surface area contributed by atoms with E-state index in [4.69, 9.17) is 4.74 Å². The van der Waals surface area contributed by atoms with Crippen molar-refractivity contribution in [2.75, 3.05) is 19.9 Å². The van der Waals surface area contributed by atoms with Crippen LogP contribution in [-0.2, 0) is 32.7 Å². The molecule has 1 saturated heterocycles. The van der Waals surface area contributed by atoms with Gasteiger partial charge in [0, 0.05) is 20.2 Å². The third kappa shape index (κ3) is 5.02. The van der Waals surface area contributed by atoms with Crippen molar-refractivity contribution in [3.63, 3.8) is 0 Å². The number of carbonyl (C=O) groups excluding carboxylic acids is 1. The number of sulfonamides is 1. The van der Waals surface area contributed by atoms with Crippen LogP contribution >= 0.6 is 0 Å².